The van der Waals surface area contributed by atoms with Gasteiger partial charge in [-0.1, -0.05) is 30.3 Å². The quantitative estimate of drug-likeness (QED) is 0.861. The van der Waals surface area contributed by atoms with Crippen LogP contribution in [0, 0.1) is 0 Å². The van der Waals surface area contributed by atoms with Crippen LogP contribution >= 0.6 is 15.9 Å². The Kier molecular flexibility index (Phi) is 5.02. The summed E-state index contributed by atoms with van der Waals surface area (Å²) >= 11 is 3.49. The average molecular weight is 348 g/mol. The minimum atomic E-state index is -0.915. The second kappa shape index (κ2) is 6.76. The number of benzene rings is 2. The summed E-state index contributed by atoms with van der Waals surface area (Å²) in [4.78, 5) is 13.3. The number of carbonyl (C=O) groups is 1. The van der Waals surface area contributed by atoms with E-state index in [4.69, 9.17) is 5.11 Å². The standard InChI is InChI=1S/C17H18BrNO2/c1-12(2)19(11-13-6-4-3-5-7-13)16-9-8-14(17(20)21)10-15(16)18/h3-10,12H,11H2,1-2H3,(H,20,21). The average Bonchev–Trinajstić information content (AvgIpc) is 2.46. The zero-order valence-corrected chi connectivity index (χ0v) is 13.7. The van der Waals surface area contributed by atoms with E-state index in [-0.39, 0.29) is 5.56 Å². The summed E-state index contributed by atoms with van der Waals surface area (Å²) in [5.74, 6) is -0.915. The van der Waals surface area contributed by atoms with Gasteiger partial charge in [0.2, 0.25) is 0 Å². The predicted molar refractivity (Wildman–Crippen MR) is 88.9 cm³/mol. The number of hydrogen-bond donors (Lipinski definition) is 1. The minimum absolute atomic E-state index is 0.286. The molecule has 0 atom stereocenters. The van der Waals surface area contributed by atoms with Crippen molar-refractivity contribution in [3.05, 3.63) is 64.1 Å². The number of nitrogens with zero attached hydrogens (tertiary/aromatic N) is 1. The molecule has 0 amide bonds. The summed E-state index contributed by atoms with van der Waals surface area (Å²) in [5.41, 5.74) is 2.51. The lowest BCUT2D eigenvalue weighted by molar-refractivity contribution is 0.0697. The molecule has 2 aromatic carbocycles. The van der Waals surface area contributed by atoms with E-state index in [1.165, 1.54) is 5.56 Å². The Morgan fingerprint density at radius 3 is 2.38 bits per heavy atom. The van der Waals surface area contributed by atoms with E-state index < -0.39 is 5.97 Å². The van der Waals surface area contributed by atoms with Crippen molar-refractivity contribution in [1.29, 1.82) is 0 Å². The highest BCUT2D eigenvalue weighted by Crippen LogP contribution is 2.30. The third-order valence-electron chi connectivity index (χ3n) is 3.32. The van der Waals surface area contributed by atoms with Gasteiger partial charge in [0.15, 0.2) is 0 Å². The number of rotatable bonds is 5. The Bertz CT molecular complexity index is 626. The molecule has 110 valence electrons. The van der Waals surface area contributed by atoms with Crippen molar-refractivity contribution in [2.75, 3.05) is 4.90 Å². The molecule has 0 spiro atoms. The van der Waals surface area contributed by atoms with Crippen LogP contribution in [0.5, 0.6) is 0 Å². The first-order valence-corrected chi connectivity index (χ1v) is 7.61. The lowest BCUT2D eigenvalue weighted by Gasteiger charge is -2.30. The van der Waals surface area contributed by atoms with Crippen LogP contribution in [0.4, 0.5) is 5.69 Å². The van der Waals surface area contributed by atoms with Crippen molar-refractivity contribution in [3.8, 4) is 0 Å². The monoisotopic (exact) mass is 347 g/mol. The Morgan fingerprint density at radius 2 is 1.86 bits per heavy atom. The molecule has 0 heterocycles. The minimum Gasteiger partial charge on any atom is -0.478 e. The number of halogens is 1. The third-order valence-corrected chi connectivity index (χ3v) is 3.96. The summed E-state index contributed by atoms with van der Waals surface area (Å²) in [5, 5.41) is 9.05. The highest BCUT2D eigenvalue weighted by atomic mass is 79.9. The van der Waals surface area contributed by atoms with Gasteiger partial charge in [0.1, 0.15) is 0 Å². The largest absolute Gasteiger partial charge is 0.478 e. The van der Waals surface area contributed by atoms with E-state index in [0.29, 0.717) is 6.04 Å². The van der Waals surface area contributed by atoms with Crippen molar-refractivity contribution < 1.29 is 9.90 Å². The number of aromatic carboxylic acids is 1. The topological polar surface area (TPSA) is 40.5 Å². The normalized spacial score (nSPS) is 10.7. The van der Waals surface area contributed by atoms with Crippen LogP contribution in [0.1, 0.15) is 29.8 Å². The molecule has 4 heteroatoms. The second-order valence-corrected chi connectivity index (χ2v) is 6.03. The molecule has 0 radical (unpaired) electrons. The number of hydrogen-bond acceptors (Lipinski definition) is 2. The molecule has 0 saturated heterocycles. The summed E-state index contributed by atoms with van der Waals surface area (Å²) in [6.07, 6.45) is 0. The van der Waals surface area contributed by atoms with E-state index in [0.717, 1.165) is 16.7 Å². The molecule has 0 bridgehead atoms. The Hall–Kier alpha value is -1.81. The van der Waals surface area contributed by atoms with E-state index in [9.17, 15) is 4.79 Å². The summed E-state index contributed by atoms with van der Waals surface area (Å²) in [7, 11) is 0. The first-order chi connectivity index (χ1) is 9.99. The number of anilines is 1. The Labute approximate surface area is 133 Å². The number of carboxylic acid groups (broad SMARTS) is 1. The maximum absolute atomic E-state index is 11.0. The van der Waals surface area contributed by atoms with Crippen molar-refractivity contribution in [2.45, 2.75) is 26.4 Å². The summed E-state index contributed by atoms with van der Waals surface area (Å²) < 4.78 is 0.798. The molecule has 2 aromatic rings. The fourth-order valence-corrected chi connectivity index (χ4v) is 2.81. The van der Waals surface area contributed by atoms with E-state index in [2.05, 4.69) is 46.8 Å². The van der Waals surface area contributed by atoms with Gasteiger partial charge in [0.25, 0.3) is 0 Å². The molecule has 0 saturated carbocycles. The van der Waals surface area contributed by atoms with Gasteiger partial charge in [-0.2, -0.15) is 0 Å². The molecule has 0 aliphatic carbocycles. The molecular weight excluding hydrogens is 330 g/mol. The van der Waals surface area contributed by atoms with E-state index in [1.54, 1.807) is 12.1 Å². The SMILES string of the molecule is CC(C)N(Cc1ccccc1)c1ccc(C(=O)O)cc1Br. The molecule has 0 aliphatic heterocycles. The molecular formula is C17H18BrNO2. The zero-order chi connectivity index (χ0) is 15.4. The molecule has 3 nitrogen and oxygen atoms in total. The van der Waals surface area contributed by atoms with Crippen molar-refractivity contribution in [3.63, 3.8) is 0 Å². The smallest absolute Gasteiger partial charge is 0.335 e. The molecule has 0 fully saturated rings. The van der Waals surface area contributed by atoms with Crippen LogP contribution in [0.2, 0.25) is 0 Å². The molecule has 0 unspecified atom stereocenters. The van der Waals surface area contributed by atoms with Crippen molar-refractivity contribution in [1.82, 2.24) is 0 Å². The molecule has 2 rings (SSSR count). The van der Waals surface area contributed by atoms with Gasteiger partial charge in [-0.25, -0.2) is 4.79 Å². The van der Waals surface area contributed by atoms with Crippen LogP contribution in [-0.4, -0.2) is 17.1 Å². The molecule has 0 aliphatic rings. The van der Waals surface area contributed by atoms with Crippen molar-refractivity contribution in [2.24, 2.45) is 0 Å². The molecule has 1 N–H and O–H groups in total. The van der Waals surface area contributed by atoms with Crippen molar-refractivity contribution >= 4 is 27.6 Å². The maximum atomic E-state index is 11.0. The fraction of sp³-hybridized carbons (Fsp3) is 0.235. The van der Waals surface area contributed by atoms with Gasteiger partial charge in [0, 0.05) is 17.1 Å². The Morgan fingerprint density at radius 1 is 1.19 bits per heavy atom. The van der Waals surface area contributed by atoms with Gasteiger partial charge in [-0.3, -0.25) is 0 Å². The fourth-order valence-electron chi connectivity index (χ4n) is 2.20. The van der Waals surface area contributed by atoms with E-state index >= 15 is 0 Å². The molecule has 21 heavy (non-hydrogen) atoms. The first kappa shape index (κ1) is 15.6. The van der Waals surface area contributed by atoms with Crippen LogP contribution in [-0.2, 0) is 6.54 Å². The lowest BCUT2D eigenvalue weighted by Crippen LogP contribution is -2.30. The van der Waals surface area contributed by atoms with Gasteiger partial charge in [-0.15, -0.1) is 0 Å². The summed E-state index contributed by atoms with van der Waals surface area (Å²) in [6.45, 7) is 5.03. The third kappa shape index (κ3) is 3.85. The van der Waals surface area contributed by atoms with Gasteiger partial charge in [-0.05, 0) is 53.5 Å². The van der Waals surface area contributed by atoms with Gasteiger partial charge >= 0.3 is 5.97 Å². The molecule has 0 aromatic heterocycles. The lowest BCUT2D eigenvalue weighted by atomic mass is 10.1. The Balaban J connectivity index is 2.32. The predicted octanol–water partition coefficient (Wildman–Crippen LogP) is 4.56. The zero-order valence-electron chi connectivity index (χ0n) is 12.1. The van der Waals surface area contributed by atoms with Crippen LogP contribution in [0.3, 0.4) is 0 Å². The van der Waals surface area contributed by atoms with Crippen LogP contribution in [0.25, 0.3) is 0 Å². The highest BCUT2D eigenvalue weighted by Gasteiger charge is 2.15. The van der Waals surface area contributed by atoms with Crippen LogP contribution in [0.15, 0.2) is 53.0 Å². The second-order valence-electron chi connectivity index (χ2n) is 5.18. The van der Waals surface area contributed by atoms with Crippen LogP contribution < -0.4 is 4.90 Å². The first-order valence-electron chi connectivity index (χ1n) is 6.82. The van der Waals surface area contributed by atoms with Gasteiger partial charge < -0.3 is 10.0 Å². The van der Waals surface area contributed by atoms with Gasteiger partial charge in [0.05, 0.1) is 11.3 Å². The number of carboxylic acids is 1. The maximum Gasteiger partial charge on any atom is 0.335 e. The highest BCUT2D eigenvalue weighted by molar-refractivity contribution is 9.10. The summed E-state index contributed by atoms with van der Waals surface area (Å²) in [6, 6.07) is 15.7. The van der Waals surface area contributed by atoms with E-state index in [1.807, 2.05) is 24.3 Å².